The van der Waals surface area contributed by atoms with Crippen molar-refractivity contribution in [3.05, 3.63) is 35.9 Å². The highest BCUT2D eigenvalue weighted by Crippen LogP contribution is 2.08. The minimum absolute atomic E-state index is 0.00674. The Hall–Kier alpha value is -3.51. The van der Waals surface area contributed by atoms with Crippen LogP contribution >= 0.6 is 0 Å². The van der Waals surface area contributed by atoms with Gasteiger partial charge in [0.25, 0.3) is 0 Å². The zero-order valence-corrected chi connectivity index (χ0v) is 20.6. The first-order valence-corrected chi connectivity index (χ1v) is 11.8. The van der Waals surface area contributed by atoms with E-state index in [4.69, 9.17) is 16.6 Å². The Labute approximate surface area is 210 Å². The number of unbranched alkanes of at least 4 members (excludes halogenated alkanes) is 1. The lowest BCUT2D eigenvalue weighted by Crippen LogP contribution is -2.58. The molecule has 1 aromatic rings. The molecule has 4 unspecified atom stereocenters. The number of hydrogen-bond donors (Lipinski definition) is 7. The Morgan fingerprint density at radius 2 is 1.39 bits per heavy atom. The number of carboxylic acid groups (broad SMARTS) is 2. The number of rotatable bonds is 16. The zero-order chi connectivity index (χ0) is 27.3. The van der Waals surface area contributed by atoms with Gasteiger partial charge in [-0.15, -0.1) is 0 Å². The molecular formula is C24H37N5O7. The van der Waals surface area contributed by atoms with Crippen LogP contribution in [0.1, 0.15) is 45.1 Å². The largest absolute Gasteiger partial charge is 0.481 e. The molecule has 0 fully saturated rings. The second kappa shape index (κ2) is 15.5. The van der Waals surface area contributed by atoms with Crippen molar-refractivity contribution in [2.75, 3.05) is 6.54 Å². The second-order valence-corrected chi connectivity index (χ2v) is 8.86. The number of nitrogens with one attached hydrogen (secondary N) is 3. The van der Waals surface area contributed by atoms with E-state index in [0.29, 0.717) is 24.9 Å². The van der Waals surface area contributed by atoms with Crippen molar-refractivity contribution >= 4 is 29.7 Å². The Kier molecular flexibility index (Phi) is 13.1. The normalized spacial score (nSPS) is 14.2. The lowest BCUT2D eigenvalue weighted by Gasteiger charge is -2.26. The summed E-state index contributed by atoms with van der Waals surface area (Å²) in [6.45, 7) is 3.93. The van der Waals surface area contributed by atoms with Crippen molar-refractivity contribution < 1.29 is 34.2 Å². The second-order valence-electron chi connectivity index (χ2n) is 8.86. The standard InChI is InChI=1S/C24H37N5O7/c1-14(2)20(26)23(34)27-16(10-6-7-11-25)21(32)28-17(12-15-8-4-3-5-9-15)22(33)29-18(24(35)36)13-19(30)31/h3-5,8-9,14,16-18,20H,6-7,10-13,25-26H2,1-2H3,(H,27,34)(H,28,32)(H,29,33)(H,30,31)(H,35,36). The number of nitrogens with two attached hydrogens (primary N) is 2. The number of benzene rings is 1. The number of carboxylic acids is 2. The molecule has 0 aliphatic heterocycles. The number of hydrogen-bond acceptors (Lipinski definition) is 7. The first-order valence-electron chi connectivity index (χ1n) is 11.8. The third kappa shape index (κ3) is 10.8. The van der Waals surface area contributed by atoms with E-state index in [1.54, 1.807) is 44.2 Å². The number of amides is 3. The molecule has 4 atom stereocenters. The van der Waals surface area contributed by atoms with Crippen LogP contribution in [0.15, 0.2) is 30.3 Å². The monoisotopic (exact) mass is 507 g/mol. The predicted octanol–water partition coefficient (Wildman–Crippen LogP) is -0.645. The molecule has 200 valence electrons. The molecular weight excluding hydrogens is 470 g/mol. The van der Waals surface area contributed by atoms with Gasteiger partial charge in [-0.05, 0) is 37.3 Å². The molecule has 12 nitrogen and oxygen atoms in total. The van der Waals surface area contributed by atoms with Crippen LogP contribution in [0.5, 0.6) is 0 Å². The molecule has 36 heavy (non-hydrogen) atoms. The predicted molar refractivity (Wildman–Crippen MR) is 132 cm³/mol. The third-order valence-corrected chi connectivity index (χ3v) is 5.51. The van der Waals surface area contributed by atoms with Gasteiger partial charge in [-0.1, -0.05) is 44.2 Å². The van der Waals surface area contributed by atoms with Crippen LogP contribution in [0, 0.1) is 5.92 Å². The Morgan fingerprint density at radius 1 is 0.833 bits per heavy atom. The Balaban J connectivity index is 3.13. The van der Waals surface area contributed by atoms with E-state index in [0.717, 1.165) is 0 Å². The molecule has 3 amide bonds. The zero-order valence-electron chi connectivity index (χ0n) is 20.6. The molecule has 0 saturated carbocycles. The van der Waals surface area contributed by atoms with E-state index < -0.39 is 60.2 Å². The average molecular weight is 508 g/mol. The van der Waals surface area contributed by atoms with Crippen LogP contribution < -0.4 is 27.4 Å². The quantitative estimate of drug-likeness (QED) is 0.141. The average Bonchev–Trinajstić information content (AvgIpc) is 2.82. The summed E-state index contributed by atoms with van der Waals surface area (Å²) in [4.78, 5) is 61.1. The smallest absolute Gasteiger partial charge is 0.326 e. The third-order valence-electron chi connectivity index (χ3n) is 5.51. The van der Waals surface area contributed by atoms with Gasteiger partial charge in [0.15, 0.2) is 0 Å². The highest BCUT2D eigenvalue weighted by Gasteiger charge is 2.31. The molecule has 0 bridgehead atoms. The molecule has 0 spiro atoms. The van der Waals surface area contributed by atoms with Crippen LogP contribution in [0.4, 0.5) is 0 Å². The van der Waals surface area contributed by atoms with Crippen LogP contribution in [0.3, 0.4) is 0 Å². The van der Waals surface area contributed by atoms with Gasteiger partial charge in [0, 0.05) is 6.42 Å². The van der Waals surface area contributed by atoms with Gasteiger partial charge in [-0.3, -0.25) is 19.2 Å². The lowest BCUT2D eigenvalue weighted by molar-refractivity contribution is -0.147. The van der Waals surface area contributed by atoms with Crippen LogP contribution in [-0.4, -0.2) is 70.6 Å². The van der Waals surface area contributed by atoms with Crippen LogP contribution in [0.25, 0.3) is 0 Å². The van der Waals surface area contributed by atoms with Crippen molar-refractivity contribution in [1.82, 2.24) is 16.0 Å². The summed E-state index contributed by atoms with van der Waals surface area (Å²) in [7, 11) is 0. The van der Waals surface area contributed by atoms with E-state index in [-0.39, 0.29) is 18.8 Å². The molecule has 0 aliphatic rings. The van der Waals surface area contributed by atoms with Crippen molar-refractivity contribution in [3.63, 3.8) is 0 Å². The van der Waals surface area contributed by atoms with Gasteiger partial charge in [-0.2, -0.15) is 0 Å². The minimum atomic E-state index is -1.69. The van der Waals surface area contributed by atoms with Crippen LogP contribution in [-0.2, 0) is 30.4 Å². The molecule has 12 heteroatoms. The van der Waals surface area contributed by atoms with E-state index in [2.05, 4.69) is 16.0 Å². The lowest BCUT2D eigenvalue weighted by atomic mass is 10.0. The van der Waals surface area contributed by atoms with Crippen molar-refractivity contribution in [2.45, 2.75) is 70.1 Å². The first-order chi connectivity index (χ1) is 17.0. The fourth-order valence-corrected chi connectivity index (χ4v) is 3.31. The number of aliphatic carboxylic acids is 2. The van der Waals surface area contributed by atoms with Crippen LogP contribution in [0.2, 0.25) is 0 Å². The summed E-state index contributed by atoms with van der Waals surface area (Å²) in [5, 5.41) is 25.7. The first kappa shape index (κ1) is 30.5. The van der Waals surface area contributed by atoms with Gasteiger partial charge in [-0.25, -0.2) is 4.79 Å². The van der Waals surface area contributed by atoms with E-state index in [1.165, 1.54) is 0 Å². The topological polar surface area (TPSA) is 214 Å². The van der Waals surface area contributed by atoms with E-state index >= 15 is 0 Å². The molecule has 0 aliphatic carbocycles. The summed E-state index contributed by atoms with van der Waals surface area (Å²) in [6.07, 6.45) is 0.557. The molecule has 9 N–H and O–H groups in total. The fourth-order valence-electron chi connectivity index (χ4n) is 3.31. The molecule has 1 aromatic carbocycles. The van der Waals surface area contributed by atoms with Crippen molar-refractivity contribution in [3.8, 4) is 0 Å². The summed E-state index contributed by atoms with van der Waals surface area (Å²) in [5.41, 5.74) is 12.1. The molecule has 0 heterocycles. The summed E-state index contributed by atoms with van der Waals surface area (Å²) < 4.78 is 0. The molecule has 0 aromatic heterocycles. The number of carbonyl (C=O) groups is 5. The van der Waals surface area contributed by atoms with Crippen molar-refractivity contribution in [2.24, 2.45) is 17.4 Å². The van der Waals surface area contributed by atoms with Gasteiger partial charge in [0.1, 0.15) is 18.1 Å². The fraction of sp³-hybridized carbons (Fsp3) is 0.542. The summed E-state index contributed by atoms with van der Waals surface area (Å²) in [6, 6.07) is 3.92. The summed E-state index contributed by atoms with van der Waals surface area (Å²) in [5.74, 6) is -5.14. The van der Waals surface area contributed by atoms with E-state index in [1.807, 2.05) is 0 Å². The maximum Gasteiger partial charge on any atom is 0.326 e. The van der Waals surface area contributed by atoms with Gasteiger partial charge < -0.3 is 37.6 Å². The Bertz CT molecular complexity index is 894. The highest BCUT2D eigenvalue weighted by molar-refractivity contribution is 5.94. The SMILES string of the molecule is CC(C)C(N)C(=O)NC(CCCCN)C(=O)NC(Cc1ccccc1)C(=O)NC(CC(=O)O)C(=O)O. The van der Waals surface area contributed by atoms with Gasteiger partial charge >= 0.3 is 11.9 Å². The maximum atomic E-state index is 13.2. The molecule has 0 saturated heterocycles. The van der Waals surface area contributed by atoms with Crippen molar-refractivity contribution in [1.29, 1.82) is 0 Å². The molecule has 1 rings (SSSR count). The molecule has 0 radical (unpaired) electrons. The maximum absolute atomic E-state index is 13.2. The number of carbonyl (C=O) groups excluding carboxylic acids is 3. The van der Waals surface area contributed by atoms with Gasteiger partial charge in [0.05, 0.1) is 12.5 Å². The summed E-state index contributed by atoms with van der Waals surface area (Å²) >= 11 is 0. The minimum Gasteiger partial charge on any atom is -0.481 e. The van der Waals surface area contributed by atoms with Gasteiger partial charge in [0.2, 0.25) is 17.7 Å². The highest BCUT2D eigenvalue weighted by atomic mass is 16.4. The Morgan fingerprint density at radius 3 is 1.92 bits per heavy atom. The van der Waals surface area contributed by atoms with E-state index in [9.17, 15) is 29.1 Å².